The first-order valence-corrected chi connectivity index (χ1v) is 11.5. The second-order valence-electron chi connectivity index (χ2n) is 8.41. The molecular formula is C25H34N2O6. The van der Waals surface area contributed by atoms with Gasteiger partial charge in [-0.1, -0.05) is 19.9 Å². The zero-order valence-electron chi connectivity index (χ0n) is 20.0. The maximum Gasteiger partial charge on any atom is 0.242 e. The Morgan fingerprint density at radius 2 is 1.85 bits per heavy atom. The molecule has 0 unspecified atom stereocenters. The van der Waals surface area contributed by atoms with E-state index in [4.69, 9.17) is 18.6 Å². The molecule has 1 aromatic heterocycles. The summed E-state index contributed by atoms with van der Waals surface area (Å²) in [5.74, 6) is 2.46. The molecule has 1 aromatic carbocycles. The number of nitrogens with zero attached hydrogens (tertiary/aromatic N) is 2. The zero-order chi connectivity index (χ0) is 23.8. The number of hydrogen-bond acceptors (Lipinski definition) is 6. The molecule has 180 valence electrons. The van der Waals surface area contributed by atoms with Crippen LogP contribution < -0.4 is 9.47 Å². The number of ether oxygens (including phenoxy) is 3. The van der Waals surface area contributed by atoms with Gasteiger partial charge in [-0.3, -0.25) is 9.59 Å². The van der Waals surface area contributed by atoms with E-state index in [-0.39, 0.29) is 31.1 Å². The van der Waals surface area contributed by atoms with Crippen molar-refractivity contribution < 1.29 is 28.2 Å². The molecule has 0 saturated carbocycles. The minimum Gasteiger partial charge on any atom is -0.464 e. The summed E-state index contributed by atoms with van der Waals surface area (Å²) in [5, 5.41) is 0. The molecule has 33 heavy (non-hydrogen) atoms. The average Bonchev–Trinajstić information content (AvgIpc) is 3.42. The number of aryl methyl sites for hydroxylation is 1. The molecule has 3 rings (SSSR count). The SMILES string of the molecule is CCOCCCN(CC(=O)N(Cc1ccc2c(c1)OCO2)Cc1ccc(C)o1)C(=O)C(C)C. The van der Waals surface area contributed by atoms with Crippen LogP contribution in [0.1, 0.15) is 44.3 Å². The summed E-state index contributed by atoms with van der Waals surface area (Å²) in [6.07, 6.45) is 0.680. The van der Waals surface area contributed by atoms with E-state index in [1.165, 1.54) is 0 Å². The molecule has 0 N–H and O–H groups in total. The van der Waals surface area contributed by atoms with Crippen molar-refractivity contribution in [2.24, 2.45) is 5.92 Å². The third kappa shape index (κ3) is 6.99. The second-order valence-corrected chi connectivity index (χ2v) is 8.41. The number of amides is 2. The van der Waals surface area contributed by atoms with E-state index in [0.717, 1.165) is 11.3 Å². The first-order valence-electron chi connectivity index (χ1n) is 11.5. The first kappa shape index (κ1) is 24.6. The van der Waals surface area contributed by atoms with Gasteiger partial charge in [0.15, 0.2) is 11.5 Å². The number of benzene rings is 1. The van der Waals surface area contributed by atoms with E-state index in [0.29, 0.717) is 56.5 Å². The maximum atomic E-state index is 13.4. The fourth-order valence-corrected chi connectivity index (χ4v) is 3.65. The van der Waals surface area contributed by atoms with Crippen molar-refractivity contribution in [2.75, 3.05) is 33.1 Å². The van der Waals surface area contributed by atoms with Crippen LogP contribution in [0, 0.1) is 12.8 Å². The largest absolute Gasteiger partial charge is 0.464 e. The Balaban J connectivity index is 1.75. The lowest BCUT2D eigenvalue weighted by Crippen LogP contribution is -2.44. The molecule has 0 bridgehead atoms. The molecule has 1 aliphatic heterocycles. The number of fused-ring (bicyclic) bond motifs is 1. The molecule has 0 radical (unpaired) electrons. The fraction of sp³-hybridized carbons (Fsp3) is 0.520. The van der Waals surface area contributed by atoms with Gasteiger partial charge < -0.3 is 28.4 Å². The molecular weight excluding hydrogens is 424 g/mol. The lowest BCUT2D eigenvalue weighted by atomic mass is 10.1. The van der Waals surface area contributed by atoms with E-state index in [2.05, 4.69) is 0 Å². The summed E-state index contributed by atoms with van der Waals surface area (Å²) in [7, 11) is 0. The molecule has 0 fully saturated rings. The average molecular weight is 459 g/mol. The highest BCUT2D eigenvalue weighted by Gasteiger charge is 2.24. The topological polar surface area (TPSA) is 81.5 Å². The molecule has 0 atom stereocenters. The van der Waals surface area contributed by atoms with Gasteiger partial charge in [0.25, 0.3) is 0 Å². The predicted octanol–water partition coefficient (Wildman–Crippen LogP) is 3.76. The van der Waals surface area contributed by atoms with Gasteiger partial charge in [-0.25, -0.2) is 0 Å². The third-order valence-electron chi connectivity index (χ3n) is 5.36. The molecule has 0 spiro atoms. The number of rotatable bonds is 12. The Kier molecular flexibility index (Phi) is 8.77. The van der Waals surface area contributed by atoms with Crippen LogP contribution in [-0.2, 0) is 27.4 Å². The van der Waals surface area contributed by atoms with Crippen LogP contribution in [0.5, 0.6) is 11.5 Å². The van der Waals surface area contributed by atoms with Gasteiger partial charge in [0, 0.05) is 32.2 Å². The van der Waals surface area contributed by atoms with Crippen molar-refractivity contribution in [3.8, 4) is 11.5 Å². The van der Waals surface area contributed by atoms with Crippen LogP contribution in [0.25, 0.3) is 0 Å². The number of carbonyl (C=O) groups is 2. The summed E-state index contributed by atoms with van der Waals surface area (Å²) < 4.78 is 22.0. The predicted molar refractivity (Wildman–Crippen MR) is 123 cm³/mol. The van der Waals surface area contributed by atoms with Gasteiger partial charge in [-0.05, 0) is 50.1 Å². The second kappa shape index (κ2) is 11.7. The Hall–Kier alpha value is -3.00. The van der Waals surface area contributed by atoms with Crippen LogP contribution in [-0.4, -0.2) is 54.7 Å². The van der Waals surface area contributed by atoms with Crippen LogP contribution in [0.2, 0.25) is 0 Å². The summed E-state index contributed by atoms with van der Waals surface area (Å²) in [6.45, 7) is 10.0. The molecule has 8 nitrogen and oxygen atoms in total. The Morgan fingerprint density at radius 3 is 2.55 bits per heavy atom. The van der Waals surface area contributed by atoms with E-state index < -0.39 is 0 Å². The smallest absolute Gasteiger partial charge is 0.242 e. The summed E-state index contributed by atoms with van der Waals surface area (Å²) >= 11 is 0. The van der Waals surface area contributed by atoms with E-state index in [1.54, 1.807) is 9.80 Å². The number of carbonyl (C=O) groups excluding carboxylic acids is 2. The van der Waals surface area contributed by atoms with Gasteiger partial charge in [0.2, 0.25) is 18.6 Å². The Bertz CT molecular complexity index is 939. The van der Waals surface area contributed by atoms with Gasteiger partial charge in [-0.15, -0.1) is 0 Å². The normalized spacial score (nSPS) is 12.3. The first-order chi connectivity index (χ1) is 15.9. The summed E-state index contributed by atoms with van der Waals surface area (Å²) in [6, 6.07) is 9.39. The quantitative estimate of drug-likeness (QED) is 0.451. The molecule has 0 saturated heterocycles. The van der Waals surface area contributed by atoms with E-state index in [9.17, 15) is 9.59 Å². The maximum absolute atomic E-state index is 13.4. The third-order valence-corrected chi connectivity index (χ3v) is 5.36. The lowest BCUT2D eigenvalue weighted by molar-refractivity contribution is -0.143. The van der Waals surface area contributed by atoms with Crippen molar-refractivity contribution in [3.63, 3.8) is 0 Å². The van der Waals surface area contributed by atoms with Gasteiger partial charge in [0.1, 0.15) is 11.5 Å². The van der Waals surface area contributed by atoms with Crippen LogP contribution in [0.15, 0.2) is 34.7 Å². The van der Waals surface area contributed by atoms with Gasteiger partial charge >= 0.3 is 0 Å². The lowest BCUT2D eigenvalue weighted by Gasteiger charge is -2.28. The van der Waals surface area contributed by atoms with Gasteiger partial charge in [0.05, 0.1) is 13.1 Å². The zero-order valence-corrected chi connectivity index (χ0v) is 20.0. The van der Waals surface area contributed by atoms with Crippen LogP contribution in [0.3, 0.4) is 0 Å². The minimum absolute atomic E-state index is 0.00732. The monoisotopic (exact) mass is 458 g/mol. The number of furan rings is 1. The molecule has 0 aliphatic carbocycles. The van der Waals surface area contributed by atoms with Crippen molar-refractivity contribution in [2.45, 2.75) is 47.2 Å². The van der Waals surface area contributed by atoms with Crippen molar-refractivity contribution in [3.05, 3.63) is 47.4 Å². The van der Waals surface area contributed by atoms with Crippen molar-refractivity contribution in [1.82, 2.24) is 9.80 Å². The molecule has 2 aromatic rings. The van der Waals surface area contributed by atoms with Crippen molar-refractivity contribution in [1.29, 1.82) is 0 Å². The highest BCUT2D eigenvalue weighted by atomic mass is 16.7. The minimum atomic E-state index is -0.195. The Labute approximate surface area is 195 Å². The van der Waals surface area contributed by atoms with Crippen LogP contribution in [0.4, 0.5) is 0 Å². The fourth-order valence-electron chi connectivity index (χ4n) is 3.65. The van der Waals surface area contributed by atoms with Crippen LogP contribution >= 0.6 is 0 Å². The highest BCUT2D eigenvalue weighted by molar-refractivity contribution is 5.85. The molecule has 2 amide bonds. The highest BCUT2D eigenvalue weighted by Crippen LogP contribution is 2.33. The summed E-state index contributed by atoms with van der Waals surface area (Å²) in [4.78, 5) is 29.5. The number of hydrogen-bond donors (Lipinski definition) is 0. The van der Waals surface area contributed by atoms with Gasteiger partial charge in [-0.2, -0.15) is 0 Å². The van der Waals surface area contributed by atoms with E-state index >= 15 is 0 Å². The van der Waals surface area contributed by atoms with E-state index in [1.807, 2.05) is 58.0 Å². The van der Waals surface area contributed by atoms with Crippen molar-refractivity contribution >= 4 is 11.8 Å². The molecule has 1 aliphatic rings. The molecule has 8 heteroatoms. The summed E-state index contributed by atoms with van der Waals surface area (Å²) in [5.41, 5.74) is 0.911. The Morgan fingerprint density at radius 1 is 1.06 bits per heavy atom. The standard InChI is InChI=1S/C25H34N2O6/c1-5-30-12-6-11-26(25(29)18(2)3)16-24(28)27(15-21-9-7-19(4)33-21)14-20-8-10-22-23(13-20)32-17-31-22/h7-10,13,18H,5-6,11-12,14-17H2,1-4H3. The molecule has 2 heterocycles.